The van der Waals surface area contributed by atoms with E-state index in [0.29, 0.717) is 0 Å². The Morgan fingerprint density at radius 2 is 0.656 bits per heavy atom. The van der Waals surface area contributed by atoms with Gasteiger partial charge in [-0.1, -0.05) is 111 Å². The van der Waals surface area contributed by atoms with Gasteiger partial charge in [0.15, 0.2) is 39.8 Å². The first-order valence-electron chi connectivity index (χ1n) is 18.3. The van der Waals surface area contributed by atoms with Crippen molar-refractivity contribution in [2.24, 2.45) is 0 Å². The van der Waals surface area contributed by atoms with Gasteiger partial charge < -0.3 is 9.11 Å². The van der Waals surface area contributed by atoms with Gasteiger partial charge in [0.25, 0.3) is 0 Å². The summed E-state index contributed by atoms with van der Waals surface area (Å²) in [5.41, 5.74) is -5.73. The van der Waals surface area contributed by atoms with E-state index in [-0.39, 0.29) is 21.8 Å². The fourth-order valence-corrected chi connectivity index (χ4v) is 14.4. The highest BCUT2D eigenvalue weighted by Gasteiger charge is 2.38. The van der Waals surface area contributed by atoms with E-state index in [0.717, 1.165) is 25.7 Å². The van der Waals surface area contributed by atoms with Crippen molar-refractivity contribution in [2.45, 2.75) is 101 Å². The van der Waals surface area contributed by atoms with E-state index in [1.807, 2.05) is 34.4 Å². The molecule has 61 heavy (non-hydrogen) atoms. The SMILES string of the molecule is CCc1ccc([S+](c2ccc(CC)cc2)c2ccc(Sc3ccc([S+](c4ccc(CC)cc4)c4ccc(CC)cc4)s3)s2)cc1.O=S(=O)([O-])C(F)(F)F.O=S(=O)([O-])C(F)(F)F. The quantitative estimate of drug-likeness (QED) is 0.0519. The summed E-state index contributed by atoms with van der Waals surface area (Å²) in [5.74, 6) is 0. The number of alkyl halides is 6. The van der Waals surface area contributed by atoms with Gasteiger partial charge in [0.2, 0.25) is 8.42 Å². The summed E-state index contributed by atoms with van der Waals surface area (Å²) in [6.45, 7) is 8.90. The molecule has 6 rings (SSSR count). The maximum absolute atomic E-state index is 10.7. The minimum Gasteiger partial charge on any atom is -0.741 e. The molecule has 0 amide bonds. The van der Waals surface area contributed by atoms with Crippen LogP contribution in [0.2, 0.25) is 0 Å². The lowest BCUT2D eigenvalue weighted by Crippen LogP contribution is -2.21. The first-order valence-corrected chi connectivity index (χ1v) is 26.1. The molecule has 0 N–H and O–H groups in total. The summed E-state index contributed by atoms with van der Waals surface area (Å²) in [4.78, 5) is 5.56. The zero-order valence-electron chi connectivity index (χ0n) is 33.0. The normalized spacial score (nSPS) is 12.2. The van der Waals surface area contributed by atoms with Crippen LogP contribution in [0, 0.1) is 0 Å². The number of aryl methyl sites for hydroxylation is 4. The van der Waals surface area contributed by atoms with Crippen LogP contribution in [0.1, 0.15) is 49.9 Å². The van der Waals surface area contributed by atoms with Gasteiger partial charge in [-0.05, 0) is 109 Å². The van der Waals surface area contributed by atoms with Crippen molar-refractivity contribution in [1.82, 2.24) is 0 Å². The van der Waals surface area contributed by atoms with Gasteiger partial charge in [-0.15, -0.1) is 0 Å². The molecule has 2 aromatic heterocycles. The molecule has 0 aliphatic rings. The van der Waals surface area contributed by atoms with Crippen molar-refractivity contribution >= 4 is 76.5 Å². The predicted molar refractivity (Wildman–Crippen MR) is 232 cm³/mol. The molecule has 0 unspecified atom stereocenters. The summed E-state index contributed by atoms with van der Waals surface area (Å²) >= 11 is 5.81. The fraction of sp³-hybridized carbons (Fsp3) is 0.238. The van der Waals surface area contributed by atoms with Crippen LogP contribution >= 0.6 is 34.4 Å². The van der Waals surface area contributed by atoms with Crippen LogP contribution in [0.5, 0.6) is 0 Å². The van der Waals surface area contributed by atoms with Crippen molar-refractivity contribution in [2.75, 3.05) is 0 Å². The molecule has 0 saturated carbocycles. The lowest BCUT2D eigenvalue weighted by Gasteiger charge is -2.08. The summed E-state index contributed by atoms with van der Waals surface area (Å²) < 4.78 is 123. The summed E-state index contributed by atoms with van der Waals surface area (Å²) in [6, 6.07) is 46.5. The van der Waals surface area contributed by atoms with E-state index in [9.17, 15) is 26.3 Å². The molecule has 0 radical (unpaired) electrons. The minimum atomic E-state index is -6.09. The lowest BCUT2D eigenvalue weighted by atomic mass is 10.2. The molecule has 0 fully saturated rings. The van der Waals surface area contributed by atoms with Crippen molar-refractivity contribution in [1.29, 1.82) is 0 Å². The molecule has 0 bridgehead atoms. The predicted octanol–water partition coefficient (Wildman–Crippen LogP) is 12.5. The molecule has 0 spiro atoms. The topological polar surface area (TPSA) is 114 Å². The van der Waals surface area contributed by atoms with Gasteiger partial charge in [0.05, 0.1) is 8.42 Å². The maximum Gasteiger partial charge on any atom is 0.485 e. The number of thiophene rings is 2. The van der Waals surface area contributed by atoms with Gasteiger partial charge in [0.1, 0.15) is 21.8 Å². The Balaban J connectivity index is 0.000000434. The third kappa shape index (κ3) is 14.4. The van der Waals surface area contributed by atoms with E-state index in [1.54, 1.807) is 0 Å². The Hall–Kier alpha value is -3.27. The molecule has 328 valence electrons. The van der Waals surface area contributed by atoms with Gasteiger partial charge in [-0.2, -0.15) is 26.3 Å². The number of hydrogen-bond donors (Lipinski definition) is 0. The number of benzene rings is 4. The standard InChI is InChI=1S/C40H40S5.2CHF3O3S/c1-5-29-9-17-33(18-10-29)44(34-19-11-30(6-2)12-20-34)39-27-25-37(42-39)41-38-26-28-40(43-38)45(35-21-13-31(7-3)14-22-35)36-23-15-32(8-4)16-24-36;2*2-1(3,4)8(5,6)7/h9-28H,5-8H2,1-4H3;2*(H,5,6,7)/q+2;;/p-2. The molecule has 19 heteroatoms. The first-order chi connectivity index (χ1) is 28.6. The third-order valence-electron chi connectivity index (χ3n) is 8.55. The molecule has 6 nitrogen and oxygen atoms in total. The second kappa shape index (κ2) is 21.9. The molecule has 2 heterocycles. The van der Waals surface area contributed by atoms with Gasteiger partial charge >= 0.3 is 11.0 Å². The first kappa shape index (κ1) is 50.4. The smallest absolute Gasteiger partial charge is 0.485 e. The molecule has 4 aromatic carbocycles. The van der Waals surface area contributed by atoms with E-state index in [4.69, 9.17) is 25.9 Å². The Morgan fingerprint density at radius 1 is 0.443 bits per heavy atom. The van der Waals surface area contributed by atoms with Gasteiger partial charge in [-0.3, -0.25) is 0 Å². The van der Waals surface area contributed by atoms with Crippen LogP contribution in [-0.4, -0.2) is 37.0 Å². The second-order valence-corrected chi connectivity index (χ2v) is 23.7. The largest absolute Gasteiger partial charge is 0.741 e. The molecule has 0 saturated heterocycles. The van der Waals surface area contributed by atoms with E-state index in [1.165, 1.54) is 58.7 Å². The van der Waals surface area contributed by atoms with Crippen molar-refractivity contribution < 1.29 is 52.3 Å². The molecule has 6 aromatic rings. The van der Waals surface area contributed by atoms with Gasteiger partial charge in [0, 0.05) is 12.1 Å². The second-order valence-electron chi connectivity index (χ2n) is 12.7. The van der Waals surface area contributed by atoms with E-state index in [2.05, 4.69) is 149 Å². The number of hydrogen-bond acceptors (Lipinski definition) is 9. The monoisotopic (exact) mass is 978 g/mol. The summed E-state index contributed by atoms with van der Waals surface area (Å²) in [6.07, 6.45) is 4.27. The van der Waals surface area contributed by atoms with E-state index >= 15 is 0 Å². The van der Waals surface area contributed by atoms with Crippen LogP contribution in [-0.2, 0) is 67.7 Å². The Labute approximate surface area is 370 Å². The molecule has 0 aliphatic carbocycles. The third-order valence-corrected chi connectivity index (χ3v) is 18.3. The maximum atomic E-state index is 10.7. The molecular formula is C42H40F6O6S7. The summed E-state index contributed by atoms with van der Waals surface area (Å²) in [7, 11) is -12.4. The van der Waals surface area contributed by atoms with E-state index < -0.39 is 31.3 Å². The highest BCUT2D eigenvalue weighted by Crippen LogP contribution is 2.45. The Bertz CT molecular complexity index is 2250. The fourth-order valence-electron chi connectivity index (χ4n) is 5.22. The highest BCUT2D eigenvalue weighted by atomic mass is 32.2. The van der Waals surface area contributed by atoms with Crippen LogP contribution in [0.25, 0.3) is 0 Å². The Kier molecular flexibility index (Phi) is 18.1. The highest BCUT2D eigenvalue weighted by molar-refractivity contribution is 8.04. The number of rotatable bonds is 12. The van der Waals surface area contributed by atoms with Crippen molar-refractivity contribution in [3.8, 4) is 0 Å². The molecule has 0 aliphatic heterocycles. The average Bonchev–Trinajstić information content (AvgIpc) is 3.88. The van der Waals surface area contributed by atoms with Crippen molar-refractivity contribution in [3.63, 3.8) is 0 Å². The van der Waals surface area contributed by atoms with Crippen LogP contribution in [0.4, 0.5) is 26.3 Å². The minimum absolute atomic E-state index is 0.120. The number of halogens is 6. The van der Waals surface area contributed by atoms with Crippen LogP contribution in [0.15, 0.2) is 158 Å². The molecule has 0 atom stereocenters. The Morgan fingerprint density at radius 3 is 0.836 bits per heavy atom. The van der Waals surface area contributed by atoms with Crippen LogP contribution in [0.3, 0.4) is 0 Å². The summed E-state index contributed by atoms with van der Waals surface area (Å²) in [5, 5.41) is 0. The van der Waals surface area contributed by atoms with Crippen molar-refractivity contribution in [3.05, 3.63) is 144 Å². The van der Waals surface area contributed by atoms with Gasteiger partial charge in [-0.25, -0.2) is 16.8 Å². The molecular weight excluding hydrogens is 939 g/mol. The van der Waals surface area contributed by atoms with Crippen LogP contribution < -0.4 is 0 Å². The zero-order valence-corrected chi connectivity index (χ0v) is 38.7. The lowest BCUT2D eigenvalue weighted by molar-refractivity contribution is -0.0522. The average molecular weight is 979 g/mol. The zero-order chi connectivity index (χ0) is 45.2.